The molecule has 3 heterocycles. The Hall–Kier alpha value is -2.67. The van der Waals surface area contributed by atoms with Crippen LogP contribution in [0.5, 0.6) is 5.75 Å². The molecule has 1 aromatic heterocycles. The van der Waals surface area contributed by atoms with Crippen molar-refractivity contribution in [2.75, 3.05) is 26.7 Å². The topological polar surface area (TPSA) is 78.5 Å². The Bertz CT molecular complexity index is 1050. The highest BCUT2D eigenvalue weighted by molar-refractivity contribution is 5.81. The molecule has 0 unspecified atom stereocenters. The van der Waals surface area contributed by atoms with E-state index in [1.54, 1.807) is 7.11 Å². The number of benzene rings is 1. The highest BCUT2D eigenvalue weighted by Crippen LogP contribution is 2.40. The SMILES string of the molecule is COc1ccccc1CN1CCc2nc([C@H]3CCN(C(=O)[C@@H]4C[C@H]4C)C3)[nH]c(=O)c2C1. The summed E-state index contributed by atoms with van der Waals surface area (Å²) in [6.07, 6.45) is 2.64. The summed E-state index contributed by atoms with van der Waals surface area (Å²) in [5.74, 6) is 2.76. The van der Waals surface area contributed by atoms with Crippen molar-refractivity contribution in [1.82, 2.24) is 19.8 Å². The van der Waals surface area contributed by atoms with E-state index in [1.807, 2.05) is 23.1 Å². The summed E-state index contributed by atoms with van der Waals surface area (Å²) >= 11 is 0. The lowest BCUT2D eigenvalue weighted by Crippen LogP contribution is -2.36. The standard InChI is InChI=1S/C24H30N4O3/c1-15-11-18(15)24(30)28-10-7-17(13-28)22-25-20-8-9-27(14-19(20)23(29)26-22)12-16-5-3-4-6-21(16)31-2/h3-6,15,17-18H,7-14H2,1-2H3,(H,25,26,29)/t15-,17+,18-/m1/s1. The van der Waals surface area contributed by atoms with Crippen LogP contribution >= 0.6 is 0 Å². The van der Waals surface area contributed by atoms with Gasteiger partial charge in [0.05, 0.1) is 18.4 Å². The first kappa shape index (κ1) is 20.2. The predicted octanol–water partition coefficient (Wildman–Crippen LogP) is 2.31. The highest BCUT2D eigenvalue weighted by Gasteiger charge is 2.43. The number of para-hydroxylation sites is 1. The molecule has 1 aliphatic carbocycles. The van der Waals surface area contributed by atoms with Gasteiger partial charge in [-0.1, -0.05) is 25.1 Å². The summed E-state index contributed by atoms with van der Waals surface area (Å²) in [5.41, 5.74) is 2.76. The molecule has 0 bridgehead atoms. The van der Waals surface area contributed by atoms with Gasteiger partial charge in [0.25, 0.3) is 5.56 Å². The molecule has 7 heteroatoms. The fourth-order valence-corrected chi connectivity index (χ4v) is 4.99. The molecule has 2 aromatic rings. The van der Waals surface area contributed by atoms with Crippen molar-refractivity contribution < 1.29 is 9.53 Å². The van der Waals surface area contributed by atoms with E-state index in [0.29, 0.717) is 19.0 Å². The summed E-state index contributed by atoms with van der Waals surface area (Å²) in [6.45, 7) is 5.75. The maximum atomic E-state index is 12.9. The Kier molecular flexibility index (Phi) is 5.30. The monoisotopic (exact) mass is 422 g/mol. The molecule has 1 amide bonds. The number of carbonyl (C=O) groups is 1. The number of fused-ring (bicyclic) bond motifs is 1. The van der Waals surface area contributed by atoms with Gasteiger partial charge in [0.1, 0.15) is 11.6 Å². The number of nitrogens with one attached hydrogen (secondary N) is 1. The van der Waals surface area contributed by atoms with Crippen LogP contribution in [0.15, 0.2) is 29.1 Å². The normalized spacial score (nSPS) is 25.4. The van der Waals surface area contributed by atoms with Crippen LogP contribution in [0.2, 0.25) is 0 Å². The molecule has 1 saturated carbocycles. The van der Waals surface area contributed by atoms with Crippen LogP contribution in [-0.2, 0) is 24.3 Å². The van der Waals surface area contributed by atoms with E-state index < -0.39 is 0 Å². The molecule has 164 valence electrons. The number of ether oxygens (including phenoxy) is 1. The Morgan fingerprint density at radius 2 is 2.10 bits per heavy atom. The first-order valence-corrected chi connectivity index (χ1v) is 11.3. The van der Waals surface area contributed by atoms with Gasteiger partial charge in [0.2, 0.25) is 5.91 Å². The zero-order chi connectivity index (χ0) is 21.5. The largest absolute Gasteiger partial charge is 0.496 e. The average molecular weight is 423 g/mol. The van der Waals surface area contributed by atoms with Crippen LogP contribution in [0.4, 0.5) is 0 Å². The minimum Gasteiger partial charge on any atom is -0.496 e. The fourth-order valence-electron chi connectivity index (χ4n) is 4.99. The average Bonchev–Trinajstić information content (AvgIpc) is 3.31. The van der Waals surface area contributed by atoms with E-state index in [4.69, 9.17) is 9.72 Å². The number of H-pyrrole nitrogens is 1. The van der Waals surface area contributed by atoms with Gasteiger partial charge >= 0.3 is 0 Å². The molecule has 1 aromatic carbocycles. The predicted molar refractivity (Wildman–Crippen MR) is 117 cm³/mol. The Labute approximate surface area is 182 Å². The number of amides is 1. The molecular formula is C24H30N4O3. The van der Waals surface area contributed by atoms with E-state index >= 15 is 0 Å². The molecule has 0 spiro atoms. The van der Waals surface area contributed by atoms with Crippen molar-refractivity contribution in [2.24, 2.45) is 11.8 Å². The minimum atomic E-state index is -0.0367. The van der Waals surface area contributed by atoms with Gasteiger partial charge in [-0.15, -0.1) is 0 Å². The van der Waals surface area contributed by atoms with Gasteiger partial charge in [0.15, 0.2) is 0 Å². The third-order valence-electron chi connectivity index (χ3n) is 7.07. The molecule has 2 aliphatic heterocycles. The molecule has 3 atom stereocenters. The third kappa shape index (κ3) is 3.99. The lowest BCUT2D eigenvalue weighted by atomic mass is 10.0. The van der Waals surface area contributed by atoms with Crippen molar-refractivity contribution in [3.63, 3.8) is 0 Å². The lowest BCUT2D eigenvalue weighted by molar-refractivity contribution is -0.131. The quantitative estimate of drug-likeness (QED) is 0.800. The maximum Gasteiger partial charge on any atom is 0.255 e. The van der Waals surface area contributed by atoms with Gasteiger partial charge < -0.3 is 14.6 Å². The highest BCUT2D eigenvalue weighted by atomic mass is 16.5. The Balaban J connectivity index is 1.28. The number of methoxy groups -OCH3 is 1. The Morgan fingerprint density at radius 1 is 1.29 bits per heavy atom. The van der Waals surface area contributed by atoms with Crippen LogP contribution in [-0.4, -0.2) is 52.4 Å². The number of rotatable bonds is 5. The van der Waals surface area contributed by atoms with Gasteiger partial charge in [-0.25, -0.2) is 4.98 Å². The van der Waals surface area contributed by atoms with Crippen molar-refractivity contribution in [2.45, 2.75) is 45.2 Å². The second-order valence-electron chi connectivity index (χ2n) is 9.24. The van der Waals surface area contributed by atoms with Gasteiger partial charge in [0, 0.05) is 56.5 Å². The molecule has 1 N–H and O–H groups in total. The molecule has 0 radical (unpaired) electrons. The van der Waals surface area contributed by atoms with Crippen molar-refractivity contribution in [3.8, 4) is 5.75 Å². The number of likely N-dealkylation sites (tertiary alicyclic amines) is 1. The molecule has 1 saturated heterocycles. The van der Waals surface area contributed by atoms with Crippen LogP contribution in [0, 0.1) is 11.8 Å². The summed E-state index contributed by atoms with van der Waals surface area (Å²) < 4.78 is 5.47. The Morgan fingerprint density at radius 3 is 2.87 bits per heavy atom. The second-order valence-corrected chi connectivity index (χ2v) is 9.24. The first-order chi connectivity index (χ1) is 15.0. The second kappa shape index (κ2) is 8.11. The van der Waals surface area contributed by atoms with Crippen LogP contribution in [0.3, 0.4) is 0 Å². The zero-order valence-electron chi connectivity index (χ0n) is 18.3. The van der Waals surface area contributed by atoms with Crippen LogP contribution in [0.1, 0.15) is 48.3 Å². The molecule has 31 heavy (non-hydrogen) atoms. The van der Waals surface area contributed by atoms with Crippen LogP contribution in [0.25, 0.3) is 0 Å². The molecule has 3 aliphatic rings. The van der Waals surface area contributed by atoms with E-state index in [0.717, 1.165) is 67.3 Å². The summed E-state index contributed by atoms with van der Waals surface area (Å²) in [5, 5.41) is 0. The lowest BCUT2D eigenvalue weighted by Gasteiger charge is -2.28. The summed E-state index contributed by atoms with van der Waals surface area (Å²) in [4.78, 5) is 37.6. The van der Waals surface area contributed by atoms with E-state index in [-0.39, 0.29) is 23.3 Å². The van der Waals surface area contributed by atoms with E-state index in [2.05, 4.69) is 22.9 Å². The number of hydrogen-bond acceptors (Lipinski definition) is 5. The fraction of sp³-hybridized carbons (Fsp3) is 0.542. The van der Waals surface area contributed by atoms with E-state index in [9.17, 15) is 9.59 Å². The molecule has 2 fully saturated rings. The van der Waals surface area contributed by atoms with Crippen molar-refractivity contribution in [3.05, 3.63) is 57.3 Å². The number of carbonyl (C=O) groups excluding carboxylic acids is 1. The van der Waals surface area contributed by atoms with Gasteiger partial charge in [-0.2, -0.15) is 0 Å². The van der Waals surface area contributed by atoms with Crippen molar-refractivity contribution in [1.29, 1.82) is 0 Å². The van der Waals surface area contributed by atoms with Gasteiger partial charge in [-0.3, -0.25) is 14.5 Å². The summed E-state index contributed by atoms with van der Waals surface area (Å²) in [6, 6.07) is 8.01. The number of nitrogens with zero attached hydrogens (tertiary/aromatic N) is 3. The smallest absolute Gasteiger partial charge is 0.255 e. The number of aromatic nitrogens is 2. The number of aromatic amines is 1. The third-order valence-corrected chi connectivity index (χ3v) is 7.07. The minimum absolute atomic E-state index is 0.0367. The molecule has 5 rings (SSSR count). The van der Waals surface area contributed by atoms with Crippen molar-refractivity contribution >= 4 is 5.91 Å². The number of hydrogen-bond donors (Lipinski definition) is 1. The van der Waals surface area contributed by atoms with Gasteiger partial charge in [-0.05, 0) is 24.8 Å². The van der Waals surface area contributed by atoms with Crippen LogP contribution < -0.4 is 10.3 Å². The van der Waals surface area contributed by atoms with E-state index in [1.165, 1.54) is 0 Å². The first-order valence-electron chi connectivity index (χ1n) is 11.3. The molecular weight excluding hydrogens is 392 g/mol. The molecule has 7 nitrogen and oxygen atoms in total. The summed E-state index contributed by atoms with van der Waals surface area (Å²) in [7, 11) is 1.68. The zero-order valence-corrected chi connectivity index (χ0v) is 18.3. The maximum absolute atomic E-state index is 12.9.